The fourth-order valence-corrected chi connectivity index (χ4v) is 3.17. The van der Waals surface area contributed by atoms with Crippen LogP contribution in [0.3, 0.4) is 0 Å². The van der Waals surface area contributed by atoms with Crippen molar-refractivity contribution in [1.29, 1.82) is 0 Å². The zero-order valence-electron chi connectivity index (χ0n) is 15.3. The van der Waals surface area contributed by atoms with Gasteiger partial charge in [-0.25, -0.2) is 4.79 Å². The highest BCUT2D eigenvalue weighted by molar-refractivity contribution is 6.17. The summed E-state index contributed by atoms with van der Waals surface area (Å²) in [7, 11) is 0. The van der Waals surface area contributed by atoms with Gasteiger partial charge in [-0.3, -0.25) is 4.79 Å². The van der Waals surface area contributed by atoms with Crippen LogP contribution in [-0.2, 0) is 0 Å². The first-order valence-electron chi connectivity index (χ1n) is 9.02. The van der Waals surface area contributed by atoms with Crippen LogP contribution in [0.1, 0.15) is 20.7 Å². The number of hydrogen-bond donors (Lipinski definition) is 2. The third kappa shape index (κ3) is 3.80. The zero-order chi connectivity index (χ0) is 20.2. The number of anilines is 1. The van der Waals surface area contributed by atoms with E-state index in [0.717, 1.165) is 0 Å². The number of carbonyl (C=O) groups is 2. The molecule has 0 spiro atoms. The lowest BCUT2D eigenvalue weighted by Crippen LogP contribution is -2.14. The Balaban J connectivity index is 1.70. The summed E-state index contributed by atoms with van der Waals surface area (Å²) < 4.78 is 5.89. The van der Waals surface area contributed by atoms with E-state index in [-0.39, 0.29) is 11.1 Å². The van der Waals surface area contributed by atoms with Crippen molar-refractivity contribution in [3.05, 3.63) is 102 Å². The molecule has 0 saturated heterocycles. The van der Waals surface area contributed by atoms with Crippen molar-refractivity contribution in [2.24, 2.45) is 0 Å². The molecule has 0 aliphatic carbocycles. The second kappa shape index (κ2) is 7.86. The van der Waals surface area contributed by atoms with Gasteiger partial charge in [0.15, 0.2) is 5.75 Å². The number of fused-ring (bicyclic) bond motifs is 1. The Bertz CT molecular complexity index is 1200. The number of carboxylic acid groups (broad SMARTS) is 1. The Morgan fingerprint density at radius 1 is 0.724 bits per heavy atom. The first kappa shape index (κ1) is 18.3. The summed E-state index contributed by atoms with van der Waals surface area (Å²) in [5, 5.41) is 13.5. The number of rotatable bonds is 5. The molecule has 0 saturated carbocycles. The molecule has 0 bridgehead atoms. The van der Waals surface area contributed by atoms with Crippen LogP contribution in [0.15, 0.2) is 91.0 Å². The SMILES string of the molecule is O=C(O)c1cccc2cccc(C(=O)Nc3ccccc3Oc3ccccc3)c12. The van der Waals surface area contributed by atoms with E-state index >= 15 is 0 Å². The monoisotopic (exact) mass is 383 g/mol. The zero-order valence-corrected chi connectivity index (χ0v) is 15.3. The maximum Gasteiger partial charge on any atom is 0.336 e. The summed E-state index contributed by atoms with van der Waals surface area (Å²) in [5.74, 6) is -0.352. The average Bonchev–Trinajstić information content (AvgIpc) is 2.75. The first-order valence-corrected chi connectivity index (χ1v) is 9.02. The van der Waals surface area contributed by atoms with Gasteiger partial charge in [0.25, 0.3) is 5.91 Å². The van der Waals surface area contributed by atoms with E-state index in [0.29, 0.717) is 28.0 Å². The number of carbonyl (C=O) groups excluding carboxylic acids is 1. The summed E-state index contributed by atoms with van der Waals surface area (Å²) in [6.45, 7) is 0. The largest absolute Gasteiger partial charge is 0.478 e. The van der Waals surface area contributed by atoms with Gasteiger partial charge in [-0.2, -0.15) is 0 Å². The summed E-state index contributed by atoms with van der Waals surface area (Å²) in [5.41, 5.74) is 0.864. The molecule has 0 atom stereocenters. The number of para-hydroxylation sites is 3. The van der Waals surface area contributed by atoms with Gasteiger partial charge in [0.1, 0.15) is 5.75 Å². The van der Waals surface area contributed by atoms with Crippen molar-refractivity contribution in [2.75, 3.05) is 5.32 Å². The van der Waals surface area contributed by atoms with Crippen LogP contribution in [0, 0.1) is 0 Å². The Labute approximate surface area is 167 Å². The lowest BCUT2D eigenvalue weighted by molar-refractivity contribution is 0.0699. The highest BCUT2D eigenvalue weighted by atomic mass is 16.5. The molecule has 29 heavy (non-hydrogen) atoms. The maximum absolute atomic E-state index is 13.0. The standard InChI is InChI=1S/C24H17NO4/c26-23(18-12-6-8-16-9-7-13-19(22(16)18)24(27)28)25-20-14-4-5-15-21(20)29-17-10-2-1-3-11-17/h1-15H,(H,25,26)(H,27,28). The van der Waals surface area contributed by atoms with Gasteiger partial charge in [-0.15, -0.1) is 0 Å². The quantitative estimate of drug-likeness (QED) is 0.471. The highest BCUT2D eigenvalue weighted by Gasteiger charge is 2.17. The number of hydrogen-bond acceptors (Lipinski definition) is 3. The van der Waals surface area contributed by atoms with Crippen LogP contribution in [-0.4, -0.2) is 17.0 Å². The van der Waals surface area contributed by atoms with E-state index in [1.54, 1.807) is 48.5 Å². The second-order valence-corrected chi connectivity index (χ2v) is 6.38. The molecular formula is C24H17NO4. The molecular weight excluding hydrogens is 366 g/mol. The molecule has 4 rings (SSSR count). The van der Waals surface area contributed by atoms with Crippen molar-refractivity contribution >= 4 is 28.3 Å². The fourth-order valence-electron chi connectivity index (χ4n) is 3.17. The van der Waals surface area contributed by atoms with Gasteiger partial charge in [0, 0.05) is 10.9 Å². The minimum absolute atomic E-state index is 0.0853. The minimum Gasteiger partial charge on any atom is -0.478 e. The molecule has 0 aliphatic rings. The molecule has 0 unspecified atom stereocenters. The van der Waals surface area contributed by atoms with Gasteiger partial charge in [-0.1, -0.05) is 54.6 Å². The Morgan fingerprint density at radius 2 is 1.38 bits per heavy atom. The van der Waals surface area contributed by atoms with E-state index in [1.165, 1.54) is 6.07 Å². The van der Waals surface area contributed by atoms with Gasteiger partial charge in [0.05, 0.1) is 11.3 Å². The van der Waals surface area contributed by atoms with E-state index in [9.17, 15) is 14.7 Å². The summed E-state index contributed by atoms with van der Waals surface area (Å²) in [4.78, 5) is 24.7. The van der Waals surface area contributed by atoms with E-state index in [4.69, 9.17) is 4.74 Å². The molecule has 0 fully saturated rings. The van der Waals surface area contributed by atoms with Crippen molar-refractivity contribution in [3.63, 3.8) is 0 Å². The minimum atomic E-state index is -1.08. The van der Waals surface area contributed by atoms with Crippen LogP contribution in [0.2, 0.25) is 0 Å². The topological polar surface area (TPSA) is 75.6 Å². The normalized spacial score (nSPS) is 10.5. The van der Waals surface area contributed by atoms with E-state index in [1.807, 2.05) is 36.4 Å². The molecule has 2 N–H and O–H groups in total. The Kier molecular flexibility index (Phi) is 4.95. The van der Waals surface area contributed by atoms with Crippen LogP contribution in [0.25, 0.3) is 10.8 Å². The summed E-state index contributed by atoms with van der Waals surface area (Å²) in [6.07, 6.45) is 0. The van der Waals surface area contributed by atoms with Crippen molar-refractivity contribution in [3.8, 4) is 11.5 Å². The highest BCUT2D eigenvalue weighted by Crippen LogP contribution is 2.30. The van der Waals surface area contributed by atoms with Crippen LogP contribution in [0.4, 0.5) is 5.69 Å². The summed E-state index contributed by atoms with van der Waals surface area (Å²) in [6, 6.07) is 26.4. The lowest BCUT2D eigenvalue weighted by Gasteiger charge is -2.14. The number of aromatic carboxylic acids is 1. The Morgan fingerprint density at radius 3 is 2.10 bits per heavy atom. The summed E-state index contributed by atoms with van der Waals surface area (Å²) >= 11 is 0. The predicted octanol–water partition coefficient (Wildman–Crippen LogP) is 5.58. The van der Waals surface area contributed by atoms with Crippen LogP contribution in [0.5, 0.6) is 11.5 Å². The van der Waals surface area contributed by atoms with Gasteiger partial charge < -0.3 is 15.2 Å². The van der Waals surface area contributed by atoms with E-state index < -0.39 is 11.9 Å². The third-order valence-corrected chi connectivity index (χ3v) is 4.49. The van der Waals surface area contributed by atoms with E-state index in [2.05, 4.69) is 5.32 Å². The van der Waals surface area contributed by atoms with Crippen molar-refractivity contribution in [2.45, 2.75) is 0 Å². The van der Waals surface area contributed by atoms with Crippen LogP contribution >= 0.6 is 0 Å². The number of ether oxygens (including phenoxy) is 1. The molecule has 4 aromatic carbocycles. The lowest BCUT2D eigenvalue weighted by atomic mass is 9.98. The van der Waals surface area contributed by atoms with Crippen LogP contribution < -0.4 is 10.1 Å². The molecule has 4 aromatic rings. The second-order valence-electron chi connectivity index (χ2n) is 6.38. The number of benzene rings is 4. The molecule has 0 aliphatic heterocycles. The van der Waals surface area contributed by atoms with Crippen molar-refractivity contribution < 1.29 is 19.4 Å². The number of carboxylic acids is 1. The molecule has 5 nitrogen and oxygen atoms in total. The number of amides is 1. The maximum atomic E-state index is 13.0. The predicted molar refractivity (Wildman–Crippen MR) is 112 cm³/mol. The van der Waals surface area contributed by atoms with Gasteiger partial charge in [0.2, 0.25) is 0 Å². The molecule has 1 amide bonds. The molecule has 142 valence electrons. The Hall–Kier alpha value is -4.12. The van der Waals surface area contributed by atoms with Gasteiger partial charge >= 0.3 is 5.97 Å². The molecule has 5 heteroatoms. The smallest absolute Gasteiger partial charge is 0.336 e. The molecule has 0 radical (unpaired) electrons. The van der Waals surface area contributed by atoms with Crippen molar-refractivity contribution in [1.82, 2.24) is 0 Å². The van der Waals surface area contributed by atoms with Gasteiger partial charge in [-0.05, 0) is 41.8 Å². The third-order valence-electron chi connectivity index (χ3n) is 4.49. The molecule has 0 heterocycles. The first-order chi connectivity index (χ1) is 14.1. The number of nitrogens with one attached hydrogen (secondary N) is 1. The molecule has 0 aromatic heterocycles. The fraction of sp³-hybridized carbons (Fsp3) is 0. The average molecular weight is 383 g/mol.